The van der Waals surface area contributed by atoms with Crippen LogP contribution in [0.2, 0.25) is 0 Å². The SMILES string of the molecule is CC(C)CCC[C@@H](C)[C@H]1CC[C@H]2[C@@H]3CC=C4C(O)OC(C(=O)CBr)C[C@]4(C)[C@H]3CC[C@]12C. The van der Waals surface area contributed by atoms with Crippen LogP contribution in [0.15, 0.2) is 11.6 Å². The van der Waals surface area contributed by atoms with Crippen molar-refractivity contribution in [2.24, 2.45) is 46.3 Å². The van der Waals surface area contributed by atoms with Crippen molar-refractivity contribution in [2.45, 2.75) is 105 Å². The first-order valence-corrected chi connectivity index (χ1v) is 14.4. The van der Waals surface area contributed by atoms with Crippen molar-refractivity contribution < 1.29 is 14.6 Å². The van der Waals surface area contributed by atoms with E-state index < -0.39 is 12.4 Å². The Morgan fingerprint density at radius 3 is 2.62 bits per heavy atom. The van der Waals surface area contributed by atoms with Gasteiger partial charge in [0.1, 0.15) is 6.10 Å². The average Bonchev–Trinajstić information content (AvgIpc) is 3.09. The summed E-state index contributed by atoms with van der Waals surface area (Å²) >= 11 is 3.31. The molecule has 4 heteroatoms. The molecule has 2 unspecified atom stereocenters. The molecular weight excluding hydrogens is 464 g/mol. The number of hydrogen-bond donors (Lipinski definition) is 1. The minimum Gasteiger partial charge on any atom is -0.364 e. The molecule has 0 bridgehead atoms. The summed E-state index contributed by atoms with van der Waals surface area (Å²) in [5.41, 5.74) is 1.39. The number of allylic oxidation sites excluding steroid dienone is 1. The zero-order chi connectivity index (χ0) is 23.3. The number of carbonyl (C=O) groups excluding carboxylic acids is 1. The second-order valence-corrected chi connectivity index (χ2v) is 13.1. The largest absolute Gasteiger partial charge is 0.364 e. The summed E-state index contributed by atoms with van der Waals surface area (Å²) < 4.78 is 5.77. The fourth-order valence-electron chi connectivity index (χ4n) is 8.73. The zero-order valence-corrected chi connectivity index (χ0v) is 22.5. The highest BCUT2D eigenvalue weighted by atomic mass is 79.9. The van der Waals surface area contributed by atoms with Crippen LogP contribution in [0.3, 0.4) is 0 Å². The number of alkyl halides is 1. The van der Waals surface area contributed by atoms with Crippen LogP contribution in [-0.4, -0.2) is 28.6 Å². The van der Waals surface area contributed by atoms with Gasteiger partial charge < -0.3 is 9.84 Å². The van der Waals surface area contributed by atoms with Crippen LogP contribution in [0, 0.1) is 46.3 Å². The Balaban J connectivity index is 1.53. The predicted molar refractivity (Wildman–Crippen MR) is 133 cm³/mol. The van der Waals surface area contributed by atoms with Crippen molar-refractivity contribution in [1.29, 1.82) is 0 Å². The Kier molecular flexibility index (Phi) is 7.36. The van der Waals surface area contributed by atoms with Gasteiger partial charge in [0.05, 0.1) is 5.33 Å². The van der Waals surface area contributed by atoms with Gasteiger partial charge in [-0.15, -0.1) is 0 Å². The quantitative estimate of drug-likeness (QED) is 0.300. The Morgan fingerprint density at radius 2 is 1.94 bits per heavy atom. The van der Waals surface area contributed by atoms with E-state index in [1.165, 1.54) is 44.9 Å². The highest BCUT2D eigenvalue weighted by molar-refractivity contribution is 9.09. The van der Waals surface area contributed by atoms with E-state index in [-0.39, 0.29) is 11.2 Å². The van der Waals surface area contributed by atoms with Crippen LogP contribution in [0.25, 0.3) is 0 Å². The maximum absolute atomic E-state index is 12.5. The third kappa shape index (κ3) is 4.19. The molecule has 3 aliphatic carbocycles. The first-order valence-electron chi connectivity index (χ1n) is 13.2. The Morgan fingerprint density at radius 1 is 1.19 bits per heavy atom. The number of hydrogen-bond acceptors (Lipinski definition) is 3. The highest BCUT2D eigenvalue weighted by Gasteiger charge is 2.60. The van der Waals surface area contributed by atoms with Gasteiger partial charge in [0, 0.05) is 0 Å². The van der Waals surface area contributed by atoms with E-state index in [2.05, 4.69) is 56.6 Å². The van der Waals surface area contributed by atoms with Gasteiger partial charge in [-0.05, 0) is 90.4 Å². The highest BCUT2D eigenvalue weighted by Crippen LogP contribution is 2.67. The first-order chi connectivity index (χ1) is 15.1. The molecule has 3 fully saturated rings. The minimum absolute atomic E-state index is 0.0586. The van der Waals surface area contributed by atoms with Crippen molar-refractivity contribution in [3.8, 4) is 0 Å². The second kappa shape index (κ2) is 9.46. The summed E-state index contributed by atoms with van der Waals surface area (Å²) in [6.07, 6.45) is 12.0. The fourth-order valence-corrected chi connectivity index (χ4v) is 9.09. The van der Waals surface area contributed by atoms with E-state index in [0.29, 0.717) is 22.6 Å². The van der Waals surface area contributed by atoms with E-state index in [4.69, 9.17) is 4.74 Å². The summed E-state index contributed by atoms with van der Waals surface area (Å²) in [6, 6.07) is 0. The summed E-state index contributed by atoms with van der Waals surface area (Å²) in [7, 11) is 0. The molecule has 1 N–H and O–H groups in total. The van der Waals surface area contributed by atoms with Gasteiger partial charge in [-0.2, -0.15) is 0 Å². The molecule has 1 aliphatic heterocycles. The summed E-state index contributed by atoms with van der Waals surface area (Å²) in [5, 5.41) is 11.1. The Hall–Kier alpha value is -0.190. The molecule has 0 radical (unpaired) electrons. The van der Waals surface area contributed by atoms with Gasteiger partial charge in [0.15, 0.2) is 12.1 Å². The molecule has 0 aromatic rings. The maximum atomic E-state index is 12.5. The molecule has 32 heavy (non-hydrogen) atoms. The molecule has 4 rings (SSSR count). The van der Waals surface area contributed by atoms with Crippen LogP contribution in [0.1, 0.15) is 92.4 Å². The number of aliphatic hydroxyl groups is 1. The van der Waals surface area contributed by atoms with E-state index >= 15 is 0 Å². The van der Waals surface area contributed by atoms with Gasteiger partial charge in [-0.1, -0.05) is 75.9 Å². The first kappa shape index (κ1) is 24.9. The Labute approximate surface area is 204 Å². The van der Waals surface area contributed by atoms with E-state index in [9.17, 15) is 9.90 Å². The van der Waals surface area contributed by atoms with E-state index in [1.54, 1.807) is 0 Å². The molecule has 2 saturated carbocycles. The number of rotatable bonds is 7. The van der Waals surface area contributed by atoms with Gasteiger partial charge in [-0.3, -0.25) is 4.79 Å². The molecule has 9 atom stereocenters. The second-order valence-electron chi connectivity index (χ2n) is 12.5. The van der Waals surface area contributed by atoms with Crippen molar-refractivity contribution in [1.82, 2.24) is 0 Å². The lowest BCUT2D eigenvalue weighted by molar-refractivity contribution is -0.183. The van der Waals surface area contributed by atoms with Crippen molar-refractivity contribution >= 4 is 21.7 Å². The van der Waals surface area contributed by atoms with Crippen molar-refractivity contribution in [2.75, 3.05) is 5.33 Å². The summed E-state index contributed by atoms with van der Waals surface area (Å²) in [6.45, 7) is 12.1. The molecule has 4 aliphatic rings. The molecule has 182 valence electrons. The van der Waals surface area contributed by atoms with Crippen molar-refractivity contribution in [3.63, 3.8) is 0 Å². The average molecular weight is 510 g/mol. The molecule has 0 spiro atoms. The fraction of sp³-hybridized carbons (Fsp3) is 0.893. The van der Waals surface area contributed by atoms with Crippen LogP contribution in [0.5, 0.6) is 0 Å². The number of carbonyl (C=O) groups is 1. The predicted octanol–water partition coefficient (Wildman–Crippen LogP) is 6.92. The van der Waals surface area contributed by atoms with E-state index in [1.807, 2.05) is 0 Å². The number of ketones is 1. The smallest absolute Gasteiger partial charge is 0.178 e. The number of ether oxygens (including phenoxy) is 1. The topological polar surface area (TPSA) is 46.5 Å². The van der Waals surface area contributed by atoms with Gasteiger partial charge in [-0.25, -0.2) is 0 Å². The lowest BCUT2D eigenvalue weighted by atomic mass is 9.47. The molecule has 0 aromatic heterocycles. The van der Waals surface area contributed by atoms with Gasteiger partial charge >= 0.3 is 0 Å². The third-order valence-electron chi connectivity index (χ3n) is 10.4. The van der Waals surface area contributed by atoms with Crippen LogP contribution in [0.4, 0.5) is 0 Å². The Bertz CT molecular complexity index is 732. The van der Waals surface area contributed by atoms with E-state index in [0.717, 1.165) is 42.1 Å². The summed E-state index contributed by atoms with van der Waals surface area (Å²) in [5.74, 6) is 4.55. The number of halogens is 1. The molecule has 0 aromatic carbocycles. The number of Topliss-reactive ketones (excluding diaryl/α,β-unsaturated/α-hetero) is 1. The van der Waals surface area contributed by atoms with Gasteiger partial charge in [0.25, 0.3) is 0 Å². The summed E-state index contributed by atoms with van der Waals surface area (Å²) in [4.78, 5) is 12.5. The molecular formula is C28H45BrO3. The van der Waals surface area contributed by atoms with Crippen molar-refractivity contribution in [3.05, 3.63) is 11.6 Å². The maximum Gasteiger partial charge on any atom is 0.178 e. The lowest BCUT2D eigenvalue weighted by Gasteiger charge is -2.59. The molecule has 0 amide bonds. The van der Waals surface area contributed by atoms with Crippen LogP contribution in [-0.2, 0) is 9.53 Å². The number of aliphatic hydroxyl groups excluding tert-OH is 1. The zero-order valence-electron chi connectivity index (χ0n) is 20.9. The molecule has 3 nitrogen and oxygen atoms in total. The normalized spacial score (nSPS) is 44.4. The molecule has 1 saturated heterocycles. The van der Waals surface area contributed by atoms with Gasteiger partial charge in [0.2, 0.25) is 0 Å². The minimum atomic E-state index is -0.923. The molecule has 1 heterocycles. The number of fused-ring (bicyclic) bond motifs is 5. The third-order valence-corrected chi connectivity index (χ3v) is 10.9. The van der Waals surface area contributed by atoms with Crippen LogP contribution < -0.4 is 0 Å². The standard InChI is InChI=1S/C28H45BrO3/c1-17(2)7-6-8-18(3)20-11-12-21-19-9-10-23-26(31)32-25(24(30)16-29)15-28(23,5)22(19)13-14-27(20,21)4/h10,17-22,25-26,31H,6-9,11-16H2,1-5H3/t18-,19+,20-,21+,22+,25?,26?,27-,28-/m1/s1. The van der Waals surface area contributed by atoms with Crippen LogP contribution >= 0.6 is 15.9 Å². The monoisotopic (exact) mass is 508 g/mol. The lowest BCUT2D eigenvalue weighted by Crippen LogP contribution is -2.55.